The predicted molar refractivity (Wildman–Crippen MR) is 155 cm³/mol. The number of hydrogen-bond acceptors (Lipinski definition) is 3. The van der Waals surface area contributed by atoms with Crippen LogP contribution in [0.15, 0.2) is 78.9 Å². The molecule has 0 saturated carbocycles. The summed E-state index contributed by atoms with van der Waals surface area (Å²) in [5, 5.41) is 6.80. The molecule has 0 amide bonds. The maximum absolute atomic E-state index is 5.40. The minimum atomic E-state index is 0.535. The van der Waals surface area contributed by atoms with Crippen LogP contribution in [-0.2, 0) is 0 Å². The number of nitrogens with one attached hydrogen (secondary N) is 2. The molecule has 3 aromatic carbocycles. The molecule has 0 aliphatic heterocycles. The van der Waals surface area contributed by atoms with Crippen LogP contribution >= 0.6 is 12.2 Å². The summed E-state index contributed by atoms with van der Waals surface area (Å²) in [4.78, 5) is 0. The van der Waals surface area contributed by atoms with Gasteiger partial charge >= 0.3 is 0 Å². The van der Waals surface area contributed by atoms with Crippen LogP contribution in [0.25, 0.3) is 0 Å². The molecule has 0 aliphatic rings. The number of nitrogens with zero attached hydrogens (tertiary/aromatic N) is 1. The van der Waals surface area contributed by atoms with Crippen LogP contribution in [0.3, 0.4) is 0 Å². The van der Waals surface area contributed by atoms with Gasteiger partial charge in [0.2, 0.25) is 0 Å². The summed E-state index contributed by atoms with van der Waals surface area (Å²) in [6.45, 7) is 15.6. The lowest BCUT2D eigenvalue weighted by atomic mass is 10.2. The maximum Gasteiger partial charge on any atom is 0.175 e. The lowest BCUT2D eigenvalue weighted by molar-refractivity contribution is 0.316. The Kier molecular flexibility index (Phi) is 12.1. The van der Waals surface area contributed by atoms with Gasteiger partial charge < -0.3 is 20.1 Å². The second-order valence-electron chi connectivity index (χ2n) is 7.92. The first-order valence-corrected chi connectivity index (χ1v) is 12.9. The van der Waals surface area contributed by atoms with E-state index in [1.54, 1.807) is 0 Å². The highest BCUT2D eigenvalue weighted by Gasteiger charge is 2.23. The monoisotopic (exact) mass is 494 g/mol. The highest BCUT2D eigenvalue weighted by Crippen LogP contribution is 2.22. The average molecular weight is 495 g/mol. The fraction of sp³-hybridized carbons (Fsp3) is 0.345. The van der Waals surface area contributed by atoms with E-state index in [0.717, 1.165) is 27.4 Å². The maximum atomic E-state index is 5.40. The molecule has 0 bridgehead atoms. The summed E-state index contributed by atoms with van der Waals surface area (Å²) < 4.78 is 11.9. The molecular weight excluding hydrogens is 454 g/mol. The number of benzene rings is 3. The Hall–Kier alpha value is -3.09. The van der Waals surface area contributed by atoms with Crippen molar-refractivity contribution in [2.45, 2.75) is 34.6 Å². The van der Waals surface area contributed by atoms with Gasteiger partial charge in [-0.25, -0.2) is 0 Å². The molecule has 0 aromatic heterocycles. The smallest absolute Gasteiger partial charge is 0.175 e. The largest absolute Gasteiger partial charge is 0.494 e. The normalized spacial score (nSPS) is 10.5. The van der Waals surface area contributed by atoms with Crippen molar-refractivity contribution in [1.82, 2.24) is 4.48 Å². The van der Waals surface area contributed by atoms with Crippen LogP contribution in [0.1, 0.15) is 34.6 Å². The van der Waals surface area contributed by atoms with E-state index >= 15 is 0 Å². The van der Waals surface area contributed by atoms with Gasteiger partial charge in [-0.2, -0.15) is 0 Å². The van der Waals surface area contributed by atoms with Gasteiger partial charge in [0.05, 0.1) is 32.8 Å². The molecule has 0 radical (unpaired) electrons. The van der Waals surface area contributed by atoms with Crippen LogP contribution in [0.4, 0.5) is 17.1 Å². The fourth-order valence-corrected chi connectivity index (χ4v) is 4.09. The highest BCUT2D eigenvalue weighted by molar-refractivity contribution is 7.80. The number of quaternary nitrogens is 1. The molecule has 6 heteroatoms. The lowest BCUT2D eigenvalue weighted by Gasteiger charge is -2.35. The molecule has 5 nitrogen and oxygen atoms in total. The zero-order valence-corrected chi connectivity index (χ0v) is 22.5. The first-order chi connectivity index (χ1) is 17.0. The van der Waals surface area contributed by atoms with Crippen molar-refractivity contribution in [2.75, 3.05) is 43.5 Å². The van der Waals surface area contributed by atoms with Gasteiger partial charge in [0.25, 0.3) is 0 Å². The molecule has 2 N–H and O–H groups in total. The van der Waals surface area contributed by atoms with Gasteiger partial charge in [0.15, 0.2) is 5.11 Å². The van der Waals surface area contributed by atoms with Crippen LogP contribution < -0.4 is 24.6 Å². The van der Waals surface area contributed by atoms with E-state index in [9.17, 15) is 0 Å². The number of rotatable bonds is 10. The second-order valence-corrected chi connectivity index (χ2v) is 8.33. The van der Waals surface area contributed by atoms with E-state index in [1.807, 2.05) is 62.4 Å². The van der Waals surface area contributed by atoms with Crippen molar-refractivity contribution in [1.29, 1.82) is 0 Å². The van der Waals surface area contributed by atoms with Gasteiger partial charge in [-0.15, -0.1) is 0 Å². The molecule has 3 rings (SSSR count). The van der Waals surface area contributed by atoms with E-state index in [2.05, 4.69) is 61.7 Å². The summed E-state index contributed by atoms with van der Waals surface area (Å²) in [7, 11) is 0. The van der Waals surface area contributed by atoms with Crippen molar-refractivity contribution >= 4 is 34.4 Å². The minimum Gasteiger partial charge on any atom is -0.494 e. The number of thiocarbonyl (C=S) groups is 1. The molecule has 0 spiro atoms. The van der Waals surface area contributed by atoms with Gasteiger partial charge in [-0.3, -0.25) is 4.48 Å². The van der Waals surface area contributed by atoms with Crippen molar-refractivity contribution in [3.63, 3.8) is 0 Å². The Labute approximate surface area is 216 Å². The first kappa shape index (κ1) is 28.1. The minimum absolute atomic E-state index is 0.535. The highest BCUT2D eigenvalue weighted by atomic mass is 32.1. The number of para-hydroxylation sites is 1. The Bertz CT molecular complexity index is 927. The van der Waals surface area contributed by atoms with Crippen molar-refractivity contribution in [3.8, 4) is 11.5 Å². The van der Waals surface area contributed by atoms with Gasteiger partial charge in [0, 0.05) is 11.4 Å². The van der Waals surface area contributed by atoms with E-state index in [4.69, 9.17) is 21.7 Å². The number of hydrogen-bond donors (Lipinski definition) is 2. The Morgan fingerprint density at radius 1 is 0.629 bits per heavy atom. The molecule has 0 unspecified atom stereocenters. The summed E-state index contributed by atoms with van der Waals surface area (Å²) in [6.07, 6.45) is 0. The van der Waals surface area contributed by atoms with E-state index < -0.39 is 0 Å². The van der Waals surface area contributed by atoms with Gasteiger partial charge in [-0.1, -0.05) is 18.2 Å². The third kappa shape index (κ3) is 8.89. The Morgan fingerprint density at radius 3 is 1.37 bits per heavy atom. The quantitative estimate of drug-likeness (QED) is 0.228. The number of ether oxygens (including phenoxy) is 2. The van der Waals surface area contributed by atoms with Crippen molar-refractivity contribution in [3.05, 3.63) is 78.9 Å². The zero-order valence-electron chi connectivity index (χ0n) is 21.7. The van der Waals surface area contributed by atoms with Crippen molar-refractivity contribution < 1.29 is 9.47 Å². The van der Waals surface area contributed by atoms with Crippen molar-refractivity contribution in [2.24, 2.45) is 0 Å². The lowest BCUT2D eigenvalue weighted by Crippen LogP contribution is -2.48. The zero-order chi connectivity index (χ0) is 25.5. The summed E-state index contributed by atoms with van der Waals surface area (Å²) >= 11 is 5.30. The van der Waals surface area contributed by atoms with E-state index in [0.29, 0.717) is 18.3 Å². The Morgan fingerprint density at radius 2 is 1.03 bits per heavy atom. The fourth-order valence-electron chi connectivity index (χ4n) is 3.86. The molecule has 35 heavy (non-hydrogen) atoms. The summed E-state index contributed by atoms with van der Waals surface area (Å²) in [5.74, 6) is 1.69. The van der Waals surface area contributed by atoms with Crippen LogP contribution in [-0.4, -0.2) is 38.0 Å². The van der Waals surface area contributed by atoms with Crippen LogP contribution in [0, 0.1) is 0 Å². The predicted octanol–water partition coefficient (Wildman–Crippen LogP) is 7.35. The third-order valence-electron chi connectivity index (χ3n) is 5.97. The molecule has 0 aliphatic carbocycles. The van der Waals surface area contributed by atoms with Crippen LogP contribution in [0.2, 0.25) is 0 Å². The molecule has 3 aromatic rings. The molecular formula is C29H40N3O2S+. The third-order valence-corrected chi connectivity index (χ3v) is 6.17. The van der Waals surface area contributed by atoms with Gasteiger partial charge in [-0.05, 0) is 108 Å². The van der Waals surface area contributed by atoms with E-state index in [-0.39, 0.29) is 0 Å². The van der Waals surface area contributed by atoms with Crippen LogP contribution in [0.5, 0.6) is 11.5 Å². The van der Waals surface area contributed by atoms with E-state index in [1.165, 1.54) is 25.3 Å². The average Bonchev–Trinajstić information content (AvgIpc) is 2.89. The standard InChI is InChI=1S/C17H20N2O2S.C12H20N/c1-3-20-15-9-5-13(6-10-15)18-17(22)19-14-7-11-16(12-8-14)21-4-2;1-4-13(5-2,6-3)12-10-8-7-9-11-12/h5-12H,3-4H2,1-2H3,(H2,18,19,22);7-11H,4-6H2,1-3H3/q;+1. The Balaban J connectivity index is 0.000000283. The molecule has 0 fully saturated rings. The molecule has 0 heterocycles. The molecule has 0 saturated heterocycles. The second kappa shape index (κ2) is 15.0. The number of anilines is 2. The first-order valence-electron chi connectivity index (χ1n) is 12.5. The summed E-state index contributed by atoms with van der Waals surface area (Å²) in [6, 6.07) is 26.1. The SMILES string of the molecule is CCOc1ccc(NC(=S)Nc2ccc(OCC)cc2)cc1.CC[N+](CC)(CC)c1ccccc1. The topological polar surface area (TPSA) is 42.5 Å². The van der Waals surface area contributed by atoms with Gasteiger partial charge in [0.1, 0.15) is 17.2 Å². The summed E-state index contributed by atoms with van der Waals surface area (Å²) in [5.41, 5.74) is 3.26. The molecule has 188 valence electrons. The molecule has 0 atom stereocenters.